The molecule has 1 aliphatic heterocycles. The van der Waals surface area contributed by atoms with Gasteiger partial charge in [-0.15, -0.1) is 35.1 Å². The van der Waals surface area contributed by atoms with Crippen LogP contribution in [0.1, 0.15) is 70.4 Å². The summed E-state index contributed by atoms with van der Waals surface area (Å²) in [6.07, 6.45) is 9.81. The Kier molecular flexibility index (Phi) is 11.2. The van der Waals surface area contributed by atoms with E-state index in [1.165, 1.54) is 55.4 Å². The molecule has 1 heterocycles. The van der Waals surface area contributed by atoms with Crippen LogP contribution in [0.4, 0.5) is 5.69 Å². The van der Waals surface area contributed by atoms with Crippen LogP contribution in [0.5, 0.6) is 0 Å². The largest absolute Gasteiger partial charge is 0.309 e. The monoisotopic (exact) mass is 441 g/mol. The van der Waals surface area contributed by atoms with Crippen LogP contribution in [0, 0.1) is 0 Å². The van der Waals surface area contributed by atoms with Gasteiger partial charge in [0.05, 0.1) is 10.3 Å². The van der Waals surface area contributed by atoms with E-state index in [-0.39, 0.29) is 11.8 Å². The summed E-state index contributed by atoms with van der Waals surface area (Å²) in [5.41, 5.74) is 3.61. The Morgan fingerprint density at radius 2 is 1.86 bits per heavy atom. The second kappa shape index (κ2) is 13.1. The average Bonchev–Trinajstić information content (AvgIpc) is 2.74. The normalized spacial score (nSPS) is 19.6. The van der Waals surface area contributed by atoms with Crippen molar-refractivity contribution in [3.05, 3.63) is 29.3 Å². The first kappa shape index (κ1) is 24.0. The third kappa shape index (κ3) is 6.88. The lowest BCUT2D eigenvalue weighted by atomic mass is 10.0. The molecule has 1 aromatic carbocycles. The fraction of sp³-hybridized carbons (Fsp3) is 0.696. The molecule has 1 saturated heterocycles. The number of carbonyl (C=O) groups excluding carboxylic acids is 1. The molecule has 1 aromatic rings. The van der Waals surface area contributed by atoms with Crippen LogP contribution in [0.3, 0.4) is 0 Å². The van der Waals surface area contributed by atoms with Gasteiger partial charge in [-0.05, 0) is 42.6 Å². The fourth-order valence-electron chi connectivity index (χ4n) is 3.86. The molecule has 0 radical (unpaired) electrons. The van der Waals surface area contributed by atoms with Crippen LogP contribution < -0.4 is 4.90 Å². The summed E-state index contributed by atoms with van der Waals surface area (Å²) >= 11 is 10.1. The van der Waals surface area contributed by atoms with Crippen molar-refractivity contribution in [1.82, 2.24) is 0 Å². The average molecular weight is 442 g/mol. The van der Waals surface area contributed by atoms with Crippen LogP contribution >= 0.6 is 35.1 Å². The maximum absolute atomic E-state index is 12.8. The number of hydrogen-bond acceptors (Lipinski definition) is 3. The summed E-state index contributed by atoms with van der Waals surface area (Å²) in [5.74, 6) is 1.28. The first-order chi connectivity index (χ1) is 13.6. The number of nitrogens with zero attached hydrogens (tertiary/aromatic N) is 1. The predicted octanol–water partition coefficient (Wildman–Crippen LogP) is 6.92. The van der Waals surface area contributed by atoms with Crippen molar-refractivity contribution in [2.45, 2.75) is 82.0 Å². The van der Waals surface area contributed by atoms with Gasteiger partial charge in [-0.1, -0.05) is 64.7 Å². The van der Waals surface area contributed by atoms with E-state index in [1.807, 2.05) is 16.7 Å². The lowest BCUT2D eigenvalue weighted by Gasteiger charge is -2.34. The second-order valence-corrected chi connectivity index (χ2v) is 10.9. The molecule has 1 fully saturated rings. The van der Waals surface area contributed by atoms with E-state index in [9.17, 15) is 4.79 Å². The topological polar surface area (TPSA) is 20.3 Å². The molecule has 2 unspecified atom stereocenters. The first-order valence-electron chi connectivity index (χ1n) is 10.9. The van der Waals surface area contributed by atoms with Gasteiger partial charge in [0, 0.05) is 11.8 Å². The zero-order valence-corrected chi connectivity index (χ0v) is 20.1. The molecular weight excluding hydrogens is 406 g/mol. The Bertz CT molecular complexity index is 588. The van der Waals surface area contributed by atoms with Gasteiger partial charge in [-0.2, -0.15) is 0 Å². The van der Waals surface area contributed by atoms with Gasteiger partial charge in [0.25, 0.3) is 0 Å². The van der Waals surface area contributed by atoms with Gasteiger partial charge in [-0.25, -0.2) is 0 Å². The van der Waals surface area contributed by atoms with Crippen molar-refractivity contribution in [3.8, 4) is 0 Å². The van der Waals surface area contributed by atoms with Crippen molar-refractivity contribution < 1.29 is 4.79 Å². The highest BCUT2D eigenvalue weighted by atomic mass is 35.5. The number of halogens is 1. The molecule has 1 aliphatic rings. The minimum absolute atomic E-state index is 0.0311. The van der Waals surface area contributed by atoms with Crippen molar-refractivity contribution in [2.75, 3.05) is 23.1 Å². The molecule has 0 aliphatic carbocycles. The van der Waals surface area contributed by atoms with Crippen LogP contribution in [0.2, 0.25) is 0 Å². The summed E-state index contributed by atoms with van der Waals surface area (Å²) in [6, 6.07) is 6.42. The van der Waals surface area contributed by atoms with E-state index in [4.69, 9.17) is 11.6 Å². The number of hydrogen-bond donors (Lipinski definition) is 0. The highest BCUT2D eigenvalue weighted by molar-refractivity contribution is 8.17. The number of benzene rings is 1. The van der Waals surface area contributed by atoms with Crippen LogP contribution in [0.25, 0.3) is 0 Å². The Morgan fingerprint density at radius 1 is 1.14 bits per heavy atom. The number of unbranched alkanes of at least 4 members (excludes halogenated alkanes) is 3. The van der Waals surface area contributed by atoms with Crippen LogP contribution in [-0.2, 0) is 17.6 Å². The molecule has 158 valence electrons. The van der Waals surface area contributed by atoms with E-state index in [0.29, 0.717) is 4.58 Å². The van der Waals surface area contributed by atoms with Crippen LogP contribution in [0.15, 0.2) is 18.2 Å². The van der Waals surface area contributed by atoms with Gasteiger partial charge in [0.2, 0.25) is 5.91 Å². The molecule has 2 nitrogen and oxygen atoms in total. The lowest BCUT2D eigenvalue weighted by molar-refractivity contribution is -0.116. The van der Waals surface area contributed by atoms with Gasteiger partial charge < -0.3 is 4.90 Å². The van der Waals surface area contributed by atoms with E-state index in [1.54, 1.807) is 0 Å². The number of para-hydroxylation sites is 1. The quantitative estimate of drug-likeness (QED) is 0.274. The summed E-state index contributed by atoms with van der Waals surface area (Å²) < 4.78 is 0.437. The van der Waals surface area contributed by atoms with E-state index < -0.39 is 0 Å². The molecule has 0 spiro atoms. The Morgan fingerprint density at radius 3 is 2.46 bits per heavy atom. The van der Waals surface area contributed by atoms with E-state index in [0.717, 1.165) is 30.3 Å². The molecule has 2 atom stereocenters. The highest BCUT2D eigenvalue weighted by Crippen LogP contribution is 2.40. The molecular formula is C23H36ClNOS2. The number of rotatable bonds is 11. The van der Waals surface area contributed by atoms with Gasteiger partial charge in [-0.3, -0.25) is 4.79 Å². The third-order valence-corrected chi connectivity index (χ3v) is 8.72. The highest BCUT2D eigenvalue weighted by Gasteiger charge is 2.28. The summed E-state index contributed by atoms with van der Waals surface area (Å²) in [4.78, 5) is 14.8. The molecule has 28 heavy (non-hydrogen) atoms. The van der Waals surface area contributed by atoms with Crippen molar-refractivity contribution in [1.29, 1.82) is 0 Å². The smallest absolute Gasteiger partial charge is 0.241 e. The molecule has 0 bridgehead atoms. The number of anilines is 1. The summed E-state index contributed by atoms with van der Waals surface area (Å²) in [5, 5.41) is 0.739. The van der Waals surface area contributed by atoms with E-state index in [2.05, 4.69) is 50.7 Å². The third-order valence-electron chi connectivity index (χ3n) is 5.45. The Balaban J connectivity index is 2.12. The molecule has 0 saturated carbocycles. The van der Waals surface area contributed by atoms with Crippen molar-refractivity contribution in [3.63, 3.8) is 0 Å². The number of amides is 1. The zero-order valence-electron chi connectivity index (χ0n) is 17.7. The molecule has 5 heteroatoms. The maximum atomic E-state index is 12.8. The lowest BCUT2D eigenvalue weighted by Crippen LogP contribution is -2.39. The Hall–Kier alpha value is -0.320. The standard InChI is InChI=1S/C23H36ClNOS2/c1-4-7-8-9-13-20-14-15-27-22(28-20)17-25(21(26)16-24)23-18(5-2)11-10-12-19(23)6-3/h10-12,20,22H,4-9,13-17H2,1-3H3. The molecule has 0 N–H and O–H groups in total. The first-order valence-corrected chi connectivity index (χ1v) is 13.4. The summed E-state index contributed by atoms with van der Waals surface area (Å²) in [7, 11) is 0. The van der Waals surface area contributed by atoms with Crippen molar-refractivity contribution >= 4 is 46.7 Å². The fourth-order valence-corrected chi connectivity index (χ4v) is 7.39. The number of aryl methyl sites for hydroxylation is 2. The van der Waals surface area contributed by atoms with Crippen molar-refractivity contribution in [2.24, 2.45) is 0 Å². The number of thioether (sulfide) groups is 2. The molecule has 2 rings (SSSR count). The molecule has 0 aromatic heterocycles. The van der Waals surface area contributed by atoms with Crippen LogP contribution in [-0.4, -0.2) is 33.9 Å². The minimum atomic E-state index is 0.0311. The number of carbonyl (C=O) groups is 1. The minimum Gasteiger partial charge on any atom is -0.309 e. The van der Waals surface area contributed by atoms with Gasteiger partial charge in [0.15, 0.2) is 0 Å². The van der Waals surface area contributed by atoms with Gasteiger partial charge in [0.1, 0.15) is 5.88 Å². The SMILES string of the molecule is CCCCCCC1CCSC(CN(C(=O)CCl)c2c(CC)cccc2CC)S1. The predicted molar refractivity (Wildman–Crippen MR) is 129 cm³/mol. The maximum Gasteiger partial charge on any atom is 0.241 e. The molecule has 1 amide bonds. The van der Waals surface area contributed by atoms with E-state index >= 15 is 0 Å². The van der Waals surface area contributed by atoms with Gasteiger partial charge >= 0.3 is 0 Å². The summed E-state index contributed by atoms with van der Waals surface area (Å²) in [6.45, 7) is 7.36. The zero-order chi connectivity index (χ0) is 20.4. The second-order valence-electron chi connectivity index (χ2n) is 7.47. The number of alkyl halides is 1. The Labute approximate surface area is 185 Å².